The van der Waals surface area contributed by atoms with Gasteiger partial charge in [0.05, 0.1) is 10.7 Å². The van der Waals surface area contributed by atoms with E-state index in [1.54, 1.807) is 23.5 Å². The van der Waals surface area contributed by atoms with Gasteiger partial charge >= 0.3 is 0 Å². The second kappa shape index (κ2) is 5.77. The highest BCUT2D eigenvalue weighted by atomic mass is 32.1. The van der Waals surface area contributed by atoms with Crippen LogP contribution in [-0.2, 0) is 4.79 Å². The number of carbonyl (C=O) groups excluding carboxylic acids is 2. The normalized spacial score (nSPS) is 19.4. The molecule has 0 aliphatic carbocycles. The number of aromatic nitrogens is 1. The van der Waals surface area contributed by atoms with Crippen LogP contribution in [0.1, 0.15) is 29.2 Å². The molecule has 5 nitrogen and oxygen atoms in total. The van der Waals surface area contributed by atoms with Gasteiger partial charge < -0.3 is 10.6 Å². The van der Waals surface area contributed by atoms with Crippen molar-refractivity contribution in [2.45, 2.75) is 26.8 Å². The number of benzene rings is 1. The molecule has 6 heteroatoms. The molecule has 0 spiro atoms. The standard InChI is InChI=1S/C17H19N3O2S/c1-10-19-13(8-23-10)11-4-6-12(7-5-11)15(21)20-14-16(22)18-9-17(14,2)3/h4-8,14H,9H2,1-3H3,(H,18,22)(H,20,21)/t14-/m1/s1. The van der Waals surface area contributed by atoms with Crippen LogP contribution in [0.25, 0.3) is 11.3 Å². The van der Waals surface area contributed by atoms with Gasteiger partial charge in [-0.1, -0.05) is 26.0 Å². The summed E-state index contributed by atoms with van der Waals surface area (Å²) in [5.41, 5.74) is 2.14. The molecule has 2 heterocycles. The highest BCUT2D eigenvalue weighted by molar-refractivity contribution is 7.09. The average molecular weight is 329 g/mol. The molecule has 1 aromatic carbocycles. The highest BCUT2D eigenvalue weighted by Gasteiger charge is 2.42. The van der Waals surface area contributed by atoms with Crippen LogP contribution in [-0.4, -0.2) is 29.4 Å². The predicted molar refractivity (Wildman–Crippen MR) is 90.3 cm³/mol. The van der Waals surface area contributed by atoms with Gasteiger partial charge in [0.1, 0.15) is 6.04 Å². The third kappa shape index (κ3) is 3.12. The SMILES string of the molecule is Cc1nc(-c2ccc(C(=O)N[C@@H]3C(=O)NCC3(C)C)cc2)cs1. The first-order valence-electron chi connectivity index (χ1n) is 7.48. The van der Waals surface area contributed by atoms with Gasteiger partial charge in [0.15, 0.2) is 0 Å². The smallest absolute Gasteiger partial charge is 0.251 e. The van der Waals surface area contributed by atoms with Crippen molar-refractivity contribution in [1.29, 1.82) is 0 Å². The maximum atomic E-state index is 12.4. The molecular formula is C17H19N3O2S. The molecule has 1 aliphatic heterocycles. The van der Waals surface area contributed by atoms with Gasteiger partial charge in [-0.05, 0) is 19.1 Å². The van der Waals surface area contributed by atoms with Gasteiger partial charge in [-0.25, -0.2) is 4.98 Å². The zero-order valence-corrected chi connectivity index (χ0v) is 14.2. The number of nitrogens with one attached hydrogen (secondary N) is 2. The second-order valence-electron chi connectivity index (χ2n) is 6.44. The van der Waals surface area contributed by atoms with Crippen molar-refractivity contribution in [3.63, 3.8) is 0 Å². The van der Waals surface area contributed by atoms with Crippen LogP contribution in [0.2, 0.25) is 0 Å². The summed E-state index contributed by atoms with van der Waals surface area (Å²) >= 11 is 1.60. The Hall–Kier alpha value is -2.21. The minimum Gasteiger partial charge on any atom is -0.354 e. The number of nitrogens with zero attached hydrogens (tertiary/aromatic N) is 1. The number of hydrogen-bond acceptors (Lipinski definition) is 4. The minimum absolute atomic E-state index is 0.127. The Kier molecular flexibility index (Phi) is 3.93. The monoisotopic (exact) mass is 329 g/mol. The van der Waals surface area contributed by atoms with E-state index in [4.69, 9.17) is 0 Å². The Bertz CT molecular complexity index is 749. The van der Waals surface area contributed by atoms with E-state index in [-0.39, 0.29) is 17.2 Å². The topological polar surface area (TPSA) is 71.1 Å². The van der Waals surface area contributed by atoms with E-state index >= 15 is 0 Å². The lowest BCUT2D eigenvalue weighted by Gasteiger charge is -2.24. The summed E-state index contributed by atoms with van der Waals surface area (Å²) in [6, 6.07) is 6.78. The molecule has 1 atom stereocenters. The first kappa shape index (κ1) is 15.7. The van der Waals surface area contributed by atoms with Crippen LogP contribution in [0, 0.1) is 12.3 Å². The number of hydrogen-bond donors (Lipinski definition) is 2. The largest absolute Gasteiger partial charge is 0.354 e. The van der Waals surface area contributed by atoms with E-state index in [0.717, 1.165) is 16.3 Å². The summed E-state index contributed by atoms with van der Waals surface area (Å²) in [6.07, 6.45) is 0. The Balaban J connectivity index is 1.74. The lowest BCUT2D eigenvalue weighted by atomic mass is 9.87. The maximum absolute atomic E-state index is 12.4. The van der Waals surface area contributed by atoms with E-state index in [2.05, 4.69) is 15.6 Å². The van der Waals surface area contributed by atoms with E-state index in [1.165, 1.54) is 0 Å². The minimum atomic E-state index is -0.504. The van der Waals surface area contributed by atoms with Crippen LogP contribution in [0.4, 0.5) is 0 Å². The third-order valence-corrected chi connectivity index (χ3v) is 4.87. The van der Waals surface area contributed by atoms with Crippen molar-refractivity contribution in [2.24, 2.45) is 5.41 Å². The van der Waals surface area contributed by atoms with Crippen molar-refractivity contribution in [1.82, 2.24) is 15.6 Å². The van der Waals surface area contributed by atoms with Crippen molar-refractivity contribution in [3.05, 3.63) is 40.2 Å². The highest BCUT2D eigenvalue weighted by Crippen LogP contribution is 2.25. The summed E-state index contributed by atoms with van der Waals surface area (Å²) in [7, 11) is 0. The first-order chi connectivity index (χ1) is 10.9. The molecule has 0 radical (unpaired) electrons. The van der Waals surface area contributed by atoms with Gasteiger partial charge in [0.2, 0.25) is 5.91 Å². The molecule has 2 amide bonds. The molecule has 1 aliphatic rings. The predicted octanol–water partition coefficient (Wildman–Crippen LogP) is 2.37. The van der Waals surface area contributed by atoms with Crippen molar-refractivity contribution < 1.29 is 9.59 Å². The number of aryl methyl sites for hydroxylation is 1. The molecular weight excluding hydrogens is 310 g/mol. The molecule has 1 aromatic heterocycles. The maximum Gasteiger partial charge on any atom is 0.251 e. The van der Waals surface area contributed by atoms with Crippen LogP contribution in [0.5, 0.6) is 0 Å². The van der Waals surface area contributed by atoms with E-state index in [9.17, 15) is 9.59 Å². The number of thiazole rings is 1. The molecule has 3 rings (SSSR count). The van der Waals surface area contributed by atoms with E-state index in [1.807, 2.05) is 38.3 Å². The fraction of sp³-hybridized carbons (Fsp3) is 0.353. The van der Waals surface area contributed by atoms with Crippen LogP contribution in [0.3, 0.4) is 0 Å². The molecule has 2 N–H and O–H groups in total. The molecule has 1 fully saturated rings. The van der Waals surface area contributed by atoms with Crippen LogP contribution < -0.4 is 10.6 Å². The Morgan fingerprint density at radius 3 is 2.57 bits per heavy atom. The van der Waals surface area contributed by atoms with Crippen molar-refractivity contribution in [3.8, 4) is 11.3 Å². The van der Waals surface area contributed by atoms with Crippen molar-refractivity contribution >= 4 is 23.2 Å². The Morgan fingerprint density at radius 2 is 2.04 bits per heavy atom. The van der Waals surface area contributed by atoms with E-state index < -0.39 is 6.04 Å². The number of rotatable bonds is 3. The van der Waals surface area contributed by atoms with Gasteiger partial charge in [-0.3, -0.25) is 9.59 Å². The van der Waals surface area contributed by atoms with Gasteiger partial charge in [0.25, 0.3) is 5.91 Å². The second-order valence-corrected chi connectivity index (χ2v) is 7.50. The third-order valence-electron chi connectivity index (χ3n) is 4.10. The van der Waals surface area contributed by atoms with Crippen LogP contribution in [0.15, 0.2) is 29.6 Å². The Morgan fingerprint density at radius 1 is 1.35 bits per heavy atom. The van der Waals surface area contributed by atoms with Crippen molar-refractivity contribution in [2.75, 3.05) is 6.54 Å². The zero-order valence-electron chi connectivity index (χ0n) is 13.3. The first-order valence-corrected chi connectivity index (χ1v) is 8.36. The quantitative estimate of drug-likeness (QED) is 0.908. The number of carbonyl (C=O) groups is 2. The van der Waals surface area contributed by atoms with Gasteiger partial charge in [0, 0.05) is 28.5 Å². The molecule has 2 aromatic rings. The van der Waals surface area contributed by atoms with Crippen LogP contribution >= 0.6 is 11.3 Å². The molecule has 0 unspecified atom stereocenters. The number of amides is 2. The summed E-state index contributed by atoms with van der Waals surface area (Å²) < 4.78 is 0. The fourth-order valence-electron chi connectivity index (χ4n) is 2.64. The lowest BCUT2D eigenvalue weighted by molar-refractivity contribution is -0.121. The summed E-state index contributed by atoms with van der Waals surface area (Å²) in [5.74, 6) is -0.362. The molecule has 23 heavy (non-hydrogen) atoms. The molecule has 0 bridgehead atoms. The fourth-order valence-corrected chi connectivity index (χ4v) is 3.26. The zero-order chi connectivity index (χ0) is 16.6. The average Bonchev–Trinajstić information content (AvgIpc) is 3.06. The van der Waals surface area contributed by atoms with Gasteiger partial charge in [-0.15, -0.1) is 11.3 Å². The summed E-state index contributed by atoms with van der Waals surface area (Å²) in [4.78, 5) is 28.7. The Labute approximate surface area is 139 Å². The summed E-state index contributed by atoms with van der Waals surface area (Å²) in [5, 5.41) is 8.63. The molecule has 1 saturated heterocycles. The van der Waals surface area contributed by atoms with E-state index in [0.29, 0.717) is 12.1 Å². The summed E-state index contributed by atoms with van der Waals surface area (Å²) in [6.45, 7) is 6.45. The molecule has 0 saturated carbocycles. The molecule has 120 valence electrons. The van der Waals surface area contributed by atoms with Gasteiger partial charge in [-0.2, -0.15) is 0 Å². The lowest BCUT2D eigenvalue weighted by Crippen LogP contribution is -2.46.